The Kier molecular flexibility index (Phi) is 5.40. The predicted molar refractivity (Wildman–Crippen MR) is 89.7 cm³/mol. The molecular formula is C18H16FNO3S. The molecule has 0 bridgehead atoms. The van der Waals surface area contributed by atoms with Crippen molar-refractivity contribution in [3.05, 3.63) is 76.5 Å². The monoisotopic (exact) mass is 345 g/mol. The Labute approximate surface area is 143 Å². The van der Waals surface area contributed by atoms with E-state index in [1.807, 2.05) is 17.5 Å². The van der Waals surface area contributed by atoms with Gasteiger partial charge in [-0.3, -0.25) is 0 Å². The lowest BCUT2D eigenvalue weighted by Gasteiger charge is -2.15. The minimum atomic E-state index is -0.850. The Morgan fingerprint density at radius 3 is 2.42 bits per heavy atom. The van der Waals surface area contributed by atoms with Crippen LogP contribution in [0, 0.1) is 5.82 Å². The first-order valence-corrected chi connectivity index (χ1v) is 8.32. The van der Waals surface area contributed by atoms with E-state index in [1.165, 1.54) is 35.6 Å². The second kappa shape index (κ2) is 7.90. The summed E-state index contributed by atoms with van der Waals surface area (Å²) in [6.07, 6.45) is -0.850. The third-order valence-corrected chi connectivity index (χ3v) is 3.99. The molecule has 3 rings (SSSR count). The van der Waals surface area contributed by atoms with Crippen LogP contribution in [0.4, 0.5) is 4.39 Å². The van der Waals surface area contributed by atoms with Crippen molar-refractivity contribution in [3.8, 4) is 11.5 Å². The van der Waals surface area contributed by atoms with Crippen LogP contribution in [0.2, 0.25) is 0 Å². The van der Waals surface area contributed by atoms with Gasteiger partial charge in [-0.15, -0.1) is 11.3 Å². The maximum Gasteiger partial charge on any atom is 0.161 e. The van der Waals surface area contributed by atoms with Crippen LogP contribution in [0.3, 0.4) is 0 Å². The number of aliphatic hydroxyl groups is 1. The van der Waals surface area contributed by atoms with Crippen LogP contribution in [0.15, 0.2) is 59.4 Å². The first kappa shape index (κ1) is 16.4. The topological polar surface area (TPSA) is 51.6 Å². The zero-order chi connectivity index (χ0) is 16.8. The van der Waals surface area contributed by atoms with Crippen molar-refractivity contribution in [1.82, 2.24) is 4.98 Å². The lowest BCUT2D eigenvalue weighted by Crippen LogP contribution is -2.10. The van der Waals surface area contributed by atoms with E-state index in [1.54, 1.807) is 17.6 Å². The standard InChI is InChI=1S/C18H16FNO3S/c19-14-7-5-13(6-8-14)16(21)10-23-18-4-2-1-3-17(18)22-9-15-11-24-12-20-15/h1-8,11-12,16,21H,9-10H2. The van der Waals surface area contributed by atoms with E-state index in [9.17, 15) is 9.50 Å². The summed E-state index contributed by atoms with van der Waals surface area (Å²) < 4.78 is 24.3. The van der Waals surface area contributed by atoms with Crippen LogP contribution >= 0.6 is 11.3 Å². The third kappa shape index (κ3) is 4.31. The molecule has 1 N–H and O–H groups in total. The molecule has 6 heteroatoms. The van der Waals surface area contributed by atoms with E-state index in [0.29, 0.717) is 23.7 Å². The number of hydrogen-bond acceptors (Lipinski definition) is 5. The van der Waals surface area contributed by atoms with Gasteiger partial charge in [0.1, 0.15) is 25.1 Å². The number of ether oxygens (including phenoxy) is 2. The van der Waals surface area contributed by atoms with E-state index in [4.69, 9.17) is 9.47 Å². The smallest absolute Gasteiger partial charge is 0.161 e. The number of nitrogens with zero attached hydrogens (tertiary/aromatic N) is 1. The molecule has 1 unspecified atom stereocenters. The van der Waals surface area contributed by atoms with Crippen LogP contribution in [0.1, 0.15) is 17.4 Å². The van der Waals surface area contributed by atoms with E-state index in [-0.39, 0.29) is 12.4 Å². The molecule has 0 radical (unpaired) electrons. The molecule has 124 valence electrons. The highest BCUT2D eigenvalue weighted by atomic mass is 32.1. The molecule has 0 fully saturated rings. The summed E-state index contributed by atoms with van der Waals surface area (Å²) in [5, 5.41) is 12.1. The number of aliphatic hydroxyl groups excluding tert-OH is 1. The normalized spacial score (nSPS) is 11.9. The number of hydrogen-bond donors (Lipinski definition) is 1. The second-order valence-corrected chi connectivity index (χ2v) is 5.81. The average Bonchev–Trinajstić information content (AvgIpc) is 3.12. The molecule has 1 aromatic heterocycles. The lowest BCUT2D eigenvalue weighted by atomic mass is 10.1. The summed E-state index contributed by atoms with van der Waals surface area (Å²) in [7, 11) is 0. The van der Waals surface area contributed by atoms with Crippen molar-refractivity contribution in [2.24, 2.45) is 0 Å². The summed E-state index contributed by atoms with van der Waals surface area (Å²) in [5.74, 6) is 0.776. The summed E-state index contributed by atoms with van der Waals surface area (Å²) in [5.41, 5.74) is 3.19. The number of benzene rings is 2. The minimum Gasteiger partial charge on any atom is -0.487 e. The van der Waals surface area contributed by atoms with Gasteiger partial charge in [0.25, 0.3) is 0 Å². The molecular weight excluding hydrogens is 329 g/mol. The van der Waals surface area contributed by atoms with Gasteiger partial charge >= 0.3 is 0 Å². The lowest BCUT2D eigenvalue weighted by molar-refractivity contribution is 0.105. The fourth-order valence-corrected chi connectivity index (χ4v) is 2.64. The van der Waals surface area contributed by atoms with Crippen molar-refractivity contribution in [1.29, 1.82) is 0 Å². The molecule has 0 saturated heterocycles. The van der Waals surface area contributed by atoms with Crippen molar-refractivity contribution in [2.45, 2.75) is 12.7 Å². The maximum absolute atomic E-state index is 12.9. The number of aromatic nitrogens is 1. The molecule has 1 atom stereocenters. The summed E-state index contributed by atoms with van der Waals surface area (Å²) in [4.78, 5) is 4.16. The van der Waals surface area contributed by atoms with Gasteiger partial charge in [-0.1, -0.05) is 24.3 Å². The average molecular weight is 345 g/mol. The van der Waals surface area contributed by atoms with Gasteiger partial charge in [0.2, 0.25) is 0 Å². The molecule has 0 aliphatic heterocycles. The van der Waals surface area contributed by atoms with Crippen molar-refractivity contribution in [2.75, 3.05) is 6.61 Å². The highest BCUT2D eigenvalue weighted by molar-refractivity contribution is 7.07. The van der Waals surface area contributed by atoms with Gasteiger partial charge < -0.3 is 14.6 Å². The molecule has 24 heavy (non-hydrogen) atoms. The number of halogens is 1. The highest BCUT2D eigenvalue weighted by Crippen LogP contribution is 2.28. The van der Waals surface area contributed by atoms with Crippen LogP contribution in [0.5, 0.6) is 11.5 Å². The zero-order valence-electron chi connectivity index (χ0n) is 12.8. The number of thiazole rings is 1. The van der Waals surface area contributed by atoms with E-state index >= 15 is 0 Å². The Morgan fingerprint density at radius 2 is 1.75 bits per heavy atom. The van der Waals surface area contributed by atoms with E-state index < -0.39 is 6.10 Å². The Balaban J connectivity index is 1.61. The molecule has 0 aliphatic rings. The fraction of sp³-hybridized carbons (Fsp3) is 0.167. The first-order chi connectivity index (χ1) is 11.7. The van der Waals surface area contributed by atoms with E-state index in [0.717, 1.165) is 5.69 Å². The first-order valence-electron chi connectivity index (χ1n) is 7.37. The molecule has 0 aliphatic carbocycles. The van der Waals surface area contributed by atoms with Crippen LogP contribution in [-0.4, -0.2) is 16.7 Å². The van der Waals surface area contributed by atoms with Gasteiger partial charge in [-0.05, 0) is 29.8 Å². The largest absolute Gasteiger partial charge is 0.487 e. The number of rotatable bonds is 7. The van der Waals surface area contributed by atoms with Gasteiger partial charge in [0, 0.05) is 5.38 Å². The van der Waals surface area contributed by atoms with Gasteiger partial charge in [-0.2, -0.15) is 0 Å². The molecule has 2 aromatic carbocycles. The maximum atomic E-state index is 12.9. The molecule has 1 heterocycles. The second-order valence-electron chi connectivity index (χ2n) is 5.09. The highest BCUT2D eigenvalue weighted by Gasteiger charge is 2.11. The molecule has 3 aromatic rings. The molecule has 0 saturated carbocycles. The summed E-state index contributed by atoms with van der Waals surface area (Å²) in [6, 6.07) is 12.9. The fourth-order valence-electron chi connectivity index (χ4n) is 2.10. The van der Waals surface area contributed by atoms with Gasteiger partial charge in [0.15, 0.2) is 11.5 Å². The third-order valence-electron chi connectivity index (χ3n) is 3.36. The van der Waals surface area contributed by atoms with Crippen molar-refractivity contribution >= 4 is 11.3 Å². The van der Waals surface area contributed by atoms with Crippen LogP contribution < -0.4 is 9.47 Å². The molecule has 0 amide bonds. The van der Waals surface area contributed by atoms with Gasteiger partial charge in [-0.25, -0.2) is 9.37 Å². The van der Waals surface area contributed by atoms with Crippen LogP contribution in [-0.2, 0) is 6.61 Å². The SMILES string of the molecule is OC(COc1ccccc1OCc1cscn1)c1ccc(F)cc1. The Morgan fingerprint density at radius 1 is 1.04 bits per heavy atom. The Bertz CT molecular complexity index is 762. The minimum absolute atomic E-state index is 0.0444. The number of para-hydroxylation sites is 2. The van der Waals surface area contributed by atoms with E-state index in [2.05, 4.69) is 4.98 Å². The van der Waals surface area contributed by atoms with Crippen molar-refractivity contribution < 1.29 is 19.0 Å². The predicted octanol–water partition coefficient (Wildman–Crippen LogP) is 3.97. The summed E-state index contributed by atoms with van der Waals surface area (Å²) in [6.45, 7) is 0.396. The quantitative estimate of drug-likeness (QED) is 0.704. The molecule has 0 spiro atoms. The van der Waals surface area contributed by atoms with Crippen LogP contribution in [0.25, 0.3) is 0 Å². The van der Waals surface area contributed by atoms with Crippen molar-refractivity contribution in [3.63, 3.8) is 0 Å². The van der Waals surface area contributed by atoms with Gasteiger partial charge in [0.05, 0.1) is 11.2 Å². The molecule has 4 nitrogen and oxygen atoms in total. The zero-order valence-corrected chi connectivity index (χ0v) is 13.6. The Hall–Kier alpha value is -2.44. The summed E-state index contributed by atoms with van der Waals surface area (Å²) >= 11 is 1.51.